The van der Waals surface area contributed by atoms with E-state index in [0.29, 0.717) is 34.1 Å². The number of carbonyl (C=O) groups is 1. The molecule has 1 saturated heterocycles. The highest BCUT2D eigenvalue weighted by atomic mass is 35.5. The van der Waals surface area contributed by atoms with Crippen molar-refractivity contribution in [2.24, 2.45) is 0 Å². The van der Waals surface area contributed by atoms with E-state index in [1.54, 1.807) is 29.2 Å². The van der Waals surface area contributed by atoms with E-state index < -0.39 is 17.8 Å². The van der Waals surface area contributed by atoms with E-state index >= 15 is 4.39 Å². The molecule has 7 nitrogen and oxygen atoms in total. The molecule has 4 heterocycles. The Kier molecular flexibility index (Phi) is 4.55. The number of amides is 2. The predicted molar refractivity (Wildman–Crippen MR) is 117 cm³/mol. The highest BCUT2D eigenvalue weighted by Gasteiger charge is 2.43. The summed E-state index contributed by atoms with van der Waals surface area (Å²) < 4.78 is 33.9. The van der Waals surface area contributed by atoms with Gasteiger partial charge in [0.15, 0.2) is 0 Å². The fourth-order valence-electron chi connectivity index (χ4n) is 4.92. The van der Waals surface area contributed by atoms with Crippen LogP contribution in [0.2, 0.25) is 5.02 Å². The largest absolute Gasteiger partial charge is 0.322 e. The molecule has 2 atom stereocenters. The number of halogens is 3. The molecule has 2 aromatic carbocycles. The molecular formula is C23H16ClF2N5O2. The van der Waals surface area contributed by atoms with Gasteiger partial charge in [0.25, 0.3) is 0 Å². The molecule has 0 unspecified atom stereocenters. The normalized spacial score (nSPS) is 19.1. The molecule has 10 heteroatoms. The molecule has 166 valence electrons. The van der Waals surface area contributed by atoms with Crippen LogP contribution in [0.15, 0.2) is 47.2 Å². The molecule has 2 bridgehead atoms. The van der Waals surface area contributed by atoms with Crippen LogP contribution in [0.5, 0.6) is 0 Å². The molecule has 2 aliphatic heterocycles. The summed E-state index contributed by atoms with van der Waals surface area (Å²) >= 11 is 6.44. The maximum absolute atomic E-state index is 15.0. The fraction of sp³-hybridized carbons (Fsp3) is 0.217. The van der Waals surface area contributed by atoms with Crippen LogP contribution in [-0.2, 0) is 6.42 Å². The molecule has 33 heavy (non-hydrogen) atoms. The SMILES string of the molecule is O=C(Nc1cc(Cl)c(-c2ccc3nonc3c2)cc1F)N1[C@@H]2CC[C@H]1c1ccnc(F)c1C2. The van der Waals surface area contributed by atoms with Crippen LogP contribution in [-0.4, -0.2) is 32.3 Å². The van der Waals surface area contributed by atoms with Gasteiger partial charge in [-0.15, -0.1) is 0 Å². The molecular weight excluding hydrogens is 452 g/mol. The van der Waals surface area contributed by atoms with E-state index in [-0.39, 0.29) is 22.8 Å². The molecule has 0 saturated carbocycles. The van der Waals surface area contributed by atoms with Crippen molar-refractivity contribution in [1.29, 1.82) is 0 Å². The monoisotopic (exact) mass is 467 g/mol. The first-order valence-electron chi connectivity index (χ1n) is 10.4. The molecule has 0 radical (unpaired) electrons. The van der Waals surface area contributed by atoms with Crippen LogP contribution in [0.4, 0.5) is 19.3 Å². The zero-order chi connectivity index (χ0) is 22.7. The lowest BCUT2D eigenvalue weighted by Crippen LogP contribution is -2.44. The number of carbonyl (C=O) groups excluding carboxylic acids is 1. The number of hydrogen-bond acceptors (Lipinski definition) is 5. The minimum absolute atomic E-state index is 0.0240. The summed E-state index contributed by atoms with van der Waals surface area (Å²) in [5.74, 6) is -1.11. The number of nitrogens with zero attached hydrogens (tertiary/aromatic N) is 4. The summed E-state index contributed by atoms with van der Waals surface area (Å²) in [4.78, 5) is 18.5. The maximum atomic E-state index is 15.0. The van der Waals surface area contributed by atoms with E-state index in [1.165, 1.54) is 18.3 Å². The highest BCUT2D eigenvalue weighted by Crippen LogP contribution is 2.44. The molecule has 4 aromatic rings. The number of benzene rings is 2. The van der Waals surface area contributed by atoms with Crippen LogP contribution in [0, 0.1) is 11.8 Å². The number of hydrogen-bond donors (Lipinski definition) is 1. The average molecular weight is 468 g/mol. The number of nitrogens with one attached hydrogen (secondary N) is 1. The molecule has 6 rings (SSSR count). The lowest BCUT2D eigenvalue weighted by molar-refractivity contribution is 0.178. The molecule has 1 N–H and O–H groups in total. The first kappa shape index (κ1) is 20.0. The smallest absolute Gasteiger partial charge is 0.314 e. The Morgan fingerprint density at radius 1 is 1.12 bits per heavy atom. The number of fused-ring (bicyclic) bond motifs is 5. The van der Waals surface area contributed by atoms with Gasteiger partial charge in [-0.3, -0.25) is 0 Å². The van der Waals surface area contributed by atoms with Crippen molar-refractivity contribution in [3.63, 3.8) is 0 Å². The van der Waals surface area contributed by atoms with Gasteiger partial charge in [0, 0.05) is 23.4 Å². The van der Waals surface area contributed by atoms with Crippen molar-refractivity contribution in [1.82, 2.24) is 20.2 Å². The van der Waals surface area contributed by atoms with Crippen LogP contribution >= 0.6 is 11.6 Å². The van der Waals surface area contributed by atoms with Gasteiger partial charge in [0.2, 0.25) is 5.95 Å². The van der Waals surface area contributed by atoms with Crippen molar-refractivity contribution in [2.75, 3.05) is 5.32 Å². The summed E-state index contributed by atoms with van der Waals surface area (Å²) in [5, 5.41) is 10.5. The van der Waals surface area contributed by atoms with Gasteiger partial charge in [-0.2, -0.15) is 4.39 Å². The van der Waals surface area contributed by atoms with Gasteiger partial charge in [-0.05, 0) is 71.0 Å². The second kappa shape index (κ2) is 7.48. The topological polar surface area (TPSA) is 84.2 Å². The summed E-state index contributed by atoms with van der Waals surface area (Å²) in [6.07, 6.45) is 3.26. The van der Waals surface area contributed by atoms with Crippen molar-refractivity contribution in [3.05, 3.63) is 70.5 Å². The summed E-state index contributed by atoms with van der Waals surface area (Å²) in [6.45, 7) is 0. The summed E-state index contributed by atoms with van der Waals surface area (Å²) in [6, 6.07) is 8.67. The Morgan fingerprint density at radius 2 is 1.97 bits per heavy atom. The van der Waals surface area contributed by atoms with Crippen LogP contribution in [0.1, 0.15) is 30.0 Å². The molecule has 1 fully saturated rings. The molecule has 0 aliphatic carbocycles. The van der Waals surface area contributed by atoms with Crippen molar-refractivity contribution < 1.29 is 18.2 Å². The van der Waals surface area contributed by atoms with Crippen LogP contribution in [0.25, 0.3) is 22.2 Å². The molecule has 2 amide bonds. The van der Waals surface area contributed by atoms with E-state index in [0.717, 1.165) is 18.4 Å². The van der Waals surface area contributed by atoms with Gasteiger partial charge in [-0.1, -0.05) is 17.7 Å². The fourth-order valence-corrected chi connectivity index (χ4v) is 5.19. The minimum atomic E-state index is -0.624. The number of pyridine rings is 1. The zero-order valence-corrected chi connectivity index (χ0v) is 17.8. The number of rotatable bonds is 2. The lowest BCUT2D eigenvalue weighted by Gasteiger charge is -2.36. The quantitative estimate of drug-likeness (QED) is 0.393. The average Bonchev–Trinajstić information content (AvgIpc) is 3.40. The molecule has 2 aliphatic rings. The Hall–Kier alpha value is -3.59. The second-order valence-electron chi connectivity index (χ2n) is 8.24. The van der Waals surface area contributed by atoms with Crippen molar-refractivity contribution in [2.45, 2.75) is 31.3 Å². The minimum Gasteiger partial charge on any atom is -0.314 e. The van der Waals surface area contributed by atoms with Gasteiger partial charge < -0.3 is 10.2 Å². The molecule has 0 spiro atoms. The van der Waals surface area contributed by atoms with Crippen LogP contribution in [0.3, 0.4) is 0 Å². The Bertz CT molecular complexity index is 1430. The Balaban J connectivity index is 1.28. The lowest BCUT2D eigenvalue weighted by atomic mass is 9.95. The van der Waals surface area contributed by atoms with Gasteiger partial charge >= 0.3 is 6.03 Å². The van der Waals surface area contributed by atoms with E-state index in [2.05, 4.69) is 20.6 Å². The maximum Gasteiger partial charge on any atom is 0.322 e. The number of anilines is 1. The third-order valence-electron chi connectivity index (χ3n) is 6.44. The highest BCUT2D eigenvalue weighted by molar-refractivity contribution is 6.33. The first-order chi connectivity index (χ1) is 16.0. The van der Waals surface area contributed by atoms with Crippen molar-refractivity contribution in [3.8, 4) is 11.1 Å². The van der Waals surface area contributed by atoms with Crippen molar-refractivity contribution >= 4 is 34.4 Å². The summed E-state index contributed by atoms with van der Waals surface area (Å²) in [5.41, 5.74) is 3.49. The third-order valence-corrected chi connectivity index (χ3v) is 6.75. The van der Waals surface area contributed by atoms with Gasteiger partial charge in [0.1, 0.15) is 16.9 Å². The van der Waals surface area contributed by atoms with Gasteiger partial charge in [0.05, 0.1) is 16.8 Å². The second-order valence-corrected chi connectivity index (χ2v) is 8.64. The van der Waals surface area contributed by atoms with Crippen LogP contribution < -0.4 is 5.32 Å². The first-order valence-corrected chi connectivity index (χ1v) is 10.8. The standard InChI is InChI=1S/C23H16ClF2N5O2/c24-16-10-19(17(25)9-14(16)11-1-3-18-20(7-11)30-33-29-18)28-23(32)31-12-2-4-21(31)13-5-6-27-22(26)15(13)8-12/h1,3,5-7,9-10,12,21H,2,4,8H2,(H,28,32)/t12-,21+/m1/s1. The predicted octanol–water partition coefficient (Wildman–Crippen LogP) is 5.51. The zero-order valence-electron chi connectivity index (χ0n) is 17.1. The Morgan fingerprint density at radius 3 is 2.85 bits per heavy atom. The number of urea groups is 1. The third kappa shape index (κ3) is 3.22. The number of aromatic nitrogens is 3. The van der Waals surface area contributed by atoms with E-state index in [1.807, 2.05) is 0 Å². The molecule has 2 aromatic heterocycles. The van der Waals surface area contributed by atoms with Gasteiger partial charge in [-0.25, -0.2) is 18.8 Å². The summed E-state index contributed by atoms with van der Waals surface area (Å²) in [7, 11) is 0. The Labute approximate surface area is 191 Å². The van der Waals surface area contributed by atoms with E-state index in [9.17, 15) is 9.18 Å². The van der Waals surface area contributed by atoms with E-state index in [4.69, 9.17) is 16.2 Å².